The molecule has 0 spiro atoms. The van der Waals surface area contributed by atoms with Crippen LogP contribution in [0.2, 0.25) is 0 Å². The zero-order chi connectivity index (χ0) is 7.40. The van der Waals surface area contributed by atoms with Crippen molar-refractivity contribution >= 4 is 0 Å². The molecule has 1 heterocycles. The van der Waals surface area contributed by atoms with Gasteiger partial charge in [-0.05, 0) is 13.3 Å². The van der Waals surface area contributed by atoms with Gasteiger partial charge >= 0.3 is 0 Å². The van der Waals surface area contributed by atoms with Gasteiger partial charge in [-0.2, -0.15) is 0 Å². The maximum absolute atomic E-state index is 5.52. The summed E-state index contributed by atoms with van der Waals surface area (Å²) in [5.74, 6) is 0. The van der Waals surface area contributed by atoms with Crippen LogP contribution in [0.5, 0.6) is 0 Å². The summed E-state index contributed by atoms with van der Waals surface area (Å²) in [5.41, 5.74) is 5.52. The van der Waals surface area contributed by atoms with Crippen molar-refractivity contribution in [2.75, 3.05) is 26.3 Å². The molecule has 1 saturated heterocycles. The Labute approximate surface area is 62.6 Å². The second kappa shape index (κ2) is 3.91. The number of nitrogens with two attached hydrogens (primary N) is 1. The van der Waals surface area contributed by atoms with Gasteiger partial charge in [0.15, 0.2) is 0 Å². The van der Waals surface area contributed by atoms with E-state index in [9.17, 15) is 0 Å². The number of nitrogens with zero attached hydrogens (tertiary/aromatic N) is 1. The van der Waals surface area contributed by atoms with E-state index in [1.807, 2.05) is 0 Å². The Hall–Kier alpha value is -0.120. The van der Waals surface area contributed by atoms with Gasteiger partial charge in [-0.3, -0.25) is 4.90 Å². The Morgan fingerprint density at radius 3 is 3.10 bits per heavy atom. The van der Waals surface area contributed by atoms with E-state index in [1.54, 1.807) is 0 Å². The summed E-state index contributed by atoms with van der Waals surface area (Å²) in [6.45, 7) is 6.25. The van der Waals surface area contributed by atoms with Crippen LogP contribution in [0.1, 0.15) is 13.3 Å². The summed E-state index contributed by atoms with van der Waals surface area (Å²) in [6.07, 6.45) is 1.22. The van der Waals surface area contributed by atoms with Crippen LogP contribution in [0.3, 0.4) is 0 Å². The summed E-state index contributed by atoms with van der Waals surface area (Å²) >= 11 is 0. The molecule has 0 aliphatic carbocycles. The van der Waals surface area contributed by atoms with Crippen LogP contribution in [0.25, 0.3) is 0 Å². The summed E-state index contributed by atoms with van der Waals surface area (Å²) in [7, 11) is 0. The lowest BCUT2D eigenvalue weighted by Gasteiger charge is -2.15. The van der Waals surface area contributed by atoms with Gasteiger partial charge in [0.2, 0.25) is 0 Å². The fourth-order valence-corrected chi connectivity index (χ4v) is 1.24. The molecule has 10 heavy (non-hydrogen) atoms. The van der Waals surface area contributed by atoms with Crippen LogP contribution < -0.4 is 11.1 Å². The van der Waals surface area contributed by atoms with Gasteiger partial charge in [-0.1, -0.05) is 0 Å². The highest BCUT2D eigenvalue weighted by atomic mass is 15.2. The first-order valence-electron chi connectivity index (χ1n) is 3.98. The quantitative estimate of drug-likeness (QED) is 0.524. The number of hydrogen-bond acceptors (Lipinski definition) is 3. The van der Waals surface area contributed by atoms with Gasteiger partial charge in [-0.15, -0.1) is 0 Å². The topological polar surface area (TPSA) is 41.3 Å². The summed E-state index contributed by atoms with van der Waals surface area (Å²) in [6, 6.07) is 0.663. The molecular formula is C7H17N3. The van der Waals surface area contributed by atoms with Crippen molar-refractivity contribution in [2.45, 2.75) is 19.4 Å². The minimum Gasteiger partial charge on any atom is -0.318 e. The average molecular weight is 143 g/mol. The van der Waals surface area contributed by atoms with E-state index in [1.165, 1.54) is 6.42 Å². The summed E-state index contributed by atoms with van der Waals surface area (Å²) < 4.78 is 0. The summed E-state index contributed by atoms with van der Waals surface area (Å²) in [5, 5.41) is 3.41. The Kier molecular flexibility index (Phi) is 3.12. The molecule has 0 radical (unpaired) electrons. The molecule has 1 rings (SSSR count). The fraction of sp³-hybridized carbons (Fsp3) is 1.00. The standard InChI is InChI=1S/C7H17N3/c1-7-2-4-10(6-8)5-3-9-7/h7,9H,2-6,8H2,1H3. The molecule has 60 valence electrons. The molecule has 0 saturated carbocycles. The molecule has 1 aliphatic rings. The lowest BCUT2D eigenvalue weighted by Crippen LogP contribution is -2.33. The number of nitrogens with one attached hydrogen (secondary N) is 1. The van der Waals surface area contributed by atoms with E-state index in [0.717, 1.165) is 19.6 Å². The van der Waals surface area contributed by atoms with Crippen LogP contribution in [-0.2, 0) is 0 Å². The molecule has 0 aromatic rings. The van der Waals surface area contributed by atoms with Gasteiger partial charge < -0.3 is 11.1 Å². The van der Waals surface area contributed by atoms with Crippen molar-refractivity contribution in [3.8, 4) is 0 Å². The van der Waals surface area contributed by atoms with E-state index in [0.29, 0.717) is 12.7 Å². The molecule has 0 aromatic carbocycles. The second-order valence-corrected chi connectivity index (χ2v) is 2.94. The van der Waals surface area contributed by atoms with Crippen molar-refractivity contribution in [3.63, 3.8) is 0 Å². The van der Waals surface area contributed by atoms with Gasteiger partial charge in [0, 0.05) is 32.3 Å². The highest BCUT2D eigenvalue weighted by Crippen LogP contribution is 1.98. The van der Waals surface area contributed by atoms with Crippen LogP contribution in [-0.4, -0.2) is 37.2 Å². The minimum atomic E-state index is 0.663. The molecule has 0 aromatic heterocycles. The normalized spacial score (nSPS) is 30.0. The first-order chi connectivity index (χ1) is 4.83. The van der Waals surface area contributed by atoms with Crippen molar-refractivity contribution in [2.24, 2.45) is 5.73 Å². The van der Waals surface area contributed by atoms with Crippen molar-refractivity contribution in [1.82, 2.24) is 10.2 Å². The molecule has 1 atom stereocenters. The Morgan fingerprint density at radius 2 is 2.40 bits per heavy atom. The number of hydrogen-bond donors (Lipinski definition) is 2. The predicted octanol–water partition coefficient (Wildman–Crippen LogP) is -0.414. The van der Waals surface area contributed by atoms with Crippen LogP contribution >= 0.6 is 0 Å². The largest absolute Gasteiger partial charge is 0.318 e. The lowest BCUT2D eigenvalue weighted by atomic mass is 10.2. The fourth-order valence-electron chi connectivity index (χ4n) is 1.24. The van der Waals surface area contributed by atoms with Gasteiger partial charge in [-0.25, -0.2) is 0 Å². The third-order valence-corrected chi connectivity index (χ3v) is 2.06. The third-order valence-electron chi connectivity index (χ3n) is 2.06. The van der Waals surface area contributed by atoms with Gasteiger partial charge in [0.05, 0.1) is 0 Å². The van der Waals surface area contributed by atoms with Crippen LogP contribution in [0, 0.1) is 0 Å². The smallest absolute Gasteiger partial charge is 0.0455 e. The molecule has 3 nitrogen and oxygen atoms in total. The van der Waals surface area contributed by atoms with Gasteiger partial charge in [0.1, 0.15) is 0 Å². The minimum absolute atomic E-state index is 0.663. The Morgan fingerprint density at radius 1 is 1.60 bits per heavy atom. The second-order valence-electron chi connectivity index (χ2n) is 2.94. The average Bonchev–Trinajstić information content (AvgIpc) is 2.14. The van der Waals surface area contributed by atoms with Crippen LogP contribution in [0.15, 0.2) is 0 Å². The molecule has 3 N–H and O–H groups in total. The monoisotopic (exact) mass is 143 g/mol. The maximum atomic E-state index is 5.52. The highest BCUT2D eigenvalue weighted by Gasteiger charge is 2.10. The molecule has 0 bridgehead atoms. The Balaban J connectivity index is 2.26. The zero-order valence-electron chi connectivity index (χ0n) is 6.64. The van der Waals surface area contributed by atoms with Crippen LogP contribution in [0.4, 0.5) is 0 Å². The first-order valence-corrected chi connectivity index (χ1v) is 3.98. The maximum Gasteiger partial charge on any atom is 0.0455 e. The zero-order valence-corrected chi connectivity index (χ0v) is 6.64. The number of rotatable bonds is 1. The van der Waals surface area contributed by atoms with Gasteiger partial charge in [0.25, 0.3) is 0 Å². The lowest BCUT2D eigenvalue weighted by molar-refractivity contribution is 0.299. The molecule has 1 aliphatic heterocycles. The predicted molar refractivity (Wildman–Crippen MR) is 42.7 cm³/mol. The molecule has 1 fully saturated rings. The Bertz CT molecular complexity index is 94.9. The molecular weight excluding hydrogens is 126 g/mol. The third kappa shape index (κ3) is 2.25. The van der Waals surface area contributed by atoms with E-state index >= 15 is 0 Å². The molecule has 1 unspecified atom stereocenters. The van der Waals surface area contributed by atoms with Crippen molar-refractivity contribution in [3.05, 3.63) is 0 Å². The van der Waals surface area contributed by atoms with E-state index in [-0.39, 0.29) is 0 Å². The van der Waals surface area contributed by atoms with E-state index in [2.05, 4.69) is 17.1 Å². The molecule has 3 heteroatoms. The molecule has 0 amide bonds. The van der Waals surface area contributed by atoms with Crippen molar-refractivity contribution < 1.29 is 0 Å². The SMILES string of the molecule is CC1CCN(CN)CCN1. The first kappa shape index (κ1) is 7.98. The van der Waals surface area contributed by atoms with E-state index in [4.69, 9.17) is 5.73 Å². The van der Waals surface area contributed by atoms with E-state index < -0.39 is 0 Å². The van der Waals surface area contributed by atoms with Crippen molar-refractivity contribution in [1.29, 1.82) is 0 Å². The highest BCUT2D eigenvalue weighted by molar-refractivity contribution is 4.70. The summed E-state index contributed by atoms with van der Waals surface area (Å²) in [4.78, 5) is 2.27.